The molecule has 0 amide bonds. The fourth-order valence-electron chi connectivity index (χ4n) is 3.07. The highest BCUT2D eigenvalue weighted by Gasteiger charge is 2.27. The Morgan fingerprint density at radius 1 is 1.27 bits per heavy atom. The van der Waals surface area contributed by atoms with Crippen molar-refractivity contribution in [2.75, 3.05) is 26.0 Å². The summed E-state index contributed by atoms with van der Waals surface area (Å²) in [4.78, 5) is 0. The molecule has 1 atom stereocenters. The van der Waals surface area contributed by atoms with E-state index in [2.05, 4.69) is 12.1 Å². The zero-order chi connectivity index (χ0) is 16.0. The third-order valence-electron chi connectivity index (χ3n) is 4.34. The Labute approximate surface area is 134 Å². The fourth-order valence-corrected chi connectivity index (χ4v) is 4.68. The van der Waals surface area contributed by atoms with E-state index >= 15 is 0 Å². The maximum atomic E-state index is 12.2. The Balaban J connectivity index is 1.87. The van der Waals surface area contributed by atoms with Crippen LogP contribution in [0, 0.1) is 5.92 Å². The molecule has 1 aliphatic rings. The van der Waals surface area contributed by atoms with Gasteiger partial charge in [-0.15, -0.1) is 0 Å². The smallest absolute Gasteiger partial charge is 0.214 e. The van der Waals surface area contributed by atoms with Crippen molar-refractivity contribution in [2.45, 2.75) is 39.0 Å². The average Bonchev–Trinajstić information content (AvgIpc) is 2.54. The second-order valence-corrected chi connectivity index (χ2v) is 8.16. The van der Waals surface area contributed by atoms with Gasteiger partial charge in [-0.1, -0.05) is 19.1 Å². The molecular formula is C17H27NO3S. The van der Waals surface area contributed by atoms with E-state index in [9.17, 15) is 8.42 Å². The standard InChI is InChI=1S/C17H27NO3S/c1-3-13-22(19,20)18-12-4-5-16(14-18)7-6-15-8-10-17(21-2)11-9-15/h8-11,16H,3-7,12-14H2,1-2H3/t16-/m0/s1. The van der Waals surface area contributed by atoms with E-state index in [1.165, 1.54) is 5.56 Å². The summed E-state index contributed by atoms with van der Waals surface area (Å²) in [7, 11) is -1.37. The monoisotopic (exact) mass is 325 g/mol. The SMILES string of the molecule is CCCS(=O)(=O)N1CCC[C@@H](CCc2ccc(OC)cc2)C1. The van der Waals surface area contributed by atoms with Crippen molar-refractivity contribution < 1.29 is 13.2 Å². The maximum Gasteiger partial charge on any atom is 0.214 e. The van der Waals surface area contributed by atoms with Gasteiger partial charge in [0.05, 0.1) is 12.9 Å². The van der Waals surface area contributed by atoms with Crippen LogP contribution in [0.4, 0.5) is 0 Å². The second kappa shape index (κ2) is 7.97. The molecule has 0 aliphatic carbocycles. The molecule has 124 valence electrons. The van der Waals surface area contributed by atoms with Gasteiger partial charge in [0.15, 0.2) is 0 Å². The first-order chi connectivity index (χ1) is 10.5. The molecule has 4 nitrogen and oxygen atoms in total. The molecule has 0 saturated carbocycles. The number of sulfonamides is 1. The molecule has 5 heteroatoms. The topological polar surface area (TPSA) is 46.6 Å². The molecule has 1 heterocycles. The van der Waals surface area contributed by atoms with Crippen molar-refractivity contribution in [1.82, 2.24) is 4.31 Å². The number of ether oxygens (including phenoxy) is 1. The number of piperidine rings is 1. The highest BCUT2D eigenvalue weighted by molar-refractivity contribution is 7.89. The quantitative estimate of drug-likeness (QED) is 0.774. The van der Waals surface area contributed by atoms with Crippen molar-refractivity contribution in [1.29, 1.82) is 0 Å². The van der Waals surface area contributed by atoms with Crippen LogP contribution in [-0.2, 0) is 16.4 Å². The Hall–Kier alpha value is -1.07. The largest absolute Gasteiger partial charge is 0.497 e. The van der Waals surface area contributed by atoms with Crippen LogP contribution < -0.4 is 4.74 Å². The Morgan fingerprint density at radius 2 is 2.00 bits per heavy atom. The van der Waals surface area contributed by atoms with Gasteiger partial charge in [0.1, 0.15) is 5.75 Å². The summed E-state index contributed by atoms with van der Waals surface area (Å²) in [5.41, 5.74) is 1.29. The summed E-state index contributed by atoms with van der Waals surface area (Å²) in [5, 5.41) is 0. The average molecular weight is 325 g/mol. The predicted molar refractivity (Wildman–Crippen MR) is 89.7 cm³/mol. The summed E-state index contributed by atoms with van der Waals surface area (Å²) in [6, 6.07) is 8.14. The molecule has 0 unspecified atom stereocenters. The van der Waals surface area contributed by atoms with Crippen molar-refractivity contribution in [3.05, 3.63) is 29.8 Å². The van der Waals surface area contributed by atoms with Gasteiger partial charge in [-0.3, -0.25) is 0 Å². The minimum Gasteiger partial charge on any atom is -0.497 e. The highest BCUT2D eigenvalue weighted by Crippen LogP contribution is 2.24. The van der Waals surface area contributed by atoms with Crippen molar-refractivity contribution in [3.63, 3.8) is 0 Å². The zero-order valence-corrected chi connectivity index (χ0v) is 14.4. The van der Waals surface area contributed by atoms with Crippen LogP contribution >= 0.6 is 0 Å². The van der Waals surface area contributed by atoms with Gasteiger partial charge >= 0.3 is 0 Å². The molecule has 1 aromatic rings. The van der Waals surface area contributed by atoms with Crippen molar-refractivity contribution in [2.24, 2.45) is 5.92 Å². The minimum absolute atomic E-state index is 0.276. The van der Waals surface area contributed by atoms with Crippen LogP contribution in [0.1, 0.15) is 38.2 Å². The lowest BCUT2D eigenvalue weighted by Crippen LogP contribution is -2.41. The molecule has 22 heavy (non-hydrogen) atoms. The van der Waals surface area contributed by atoms with Gasteiger partial charge < -0.3 is 4.74 Å². The van der Waals surface area contributed by atoms with E-state index in [0.29, 0.717) is 25.4 Å². The van der Waals surface area contributed by atoms with Gasteiger partial charge in [0.2, 0.25) is 10.0 Å². The van der Waals surface area contributed by atoms with E-state index in [1.54, 1.807) is 11.4 Å². The van der Waals surface area contributed by atoms with Crippen molar-refractivity contribution >= 4 is 10.0 Å². The molecule has 0 bridgehead atoms. The Kier molecular flexibility index (Phi) is 6.26. The maximum absolute atomic E-state index is 12.2. The van der Waals surface area contributed by atoms with Crippen LogP contribution in [0.5, 0.6) is 5.75 Å². The van der Waals surface area contributed by atoms with E-state index in [4.69, 9.17) is 4.74 Å². The van der Waals surface area contributed by atoms with E-state index in [-0.39, 0.29) is 5.75 Å². The van der Waals surface area contributed by atoms with E-state index in [1.807, 2.05) is 19.1 Å². The summed E-state index contributed by atoms with van der Waals surface area (Å²) >= 11 is 0. The number of aryl methyl sites for hydroxylation is 1. The number of nitrogens with zero attached hydrogens (tertiary/aromatic N) is 1. The molecule has 0 spiro atoms. The molecule has 1 aliphatic heterocycles. The molecule has 0 aromatic heterocycles. The van der Waals surface area contributed by atoms with Crippen LogP contribution in [0.2, 0.25) is 0 Å². The molecular weight excluding hydrogens is 298 g/mol. The lowest BCUT2D eigenvalue weighted by Gasteiger charge is -2.32. The molecule has 1 saturated heterocycles. The first-order valence-corrected chi connectivity index (χ1v) is 9.77. The van der Waals surface area contributed by atoms with Gasteiger partial charge in [-0.25, -0.2) is 12.7 Å². The molecule has 0 N–H and O–H groups in total. The first kappa shape index (κ1) is 17.3. The van der Waals surface area contributed by atoms with E-state index < -0.39 is 10.0 Å². The van der Waals surface area contributed by atoms with E-state index in [0.717, 1.165) is 31.4 Å². The molecule has 0 radical (unpaired) electrons. The number of hydrogen-bond donors (Lipinski definition) is 0. The van der Waals surface area contributed by atoms with Crippen molar-refractivity contribution in [3.8, 4) is 5.75 Å². The summed E-state index contributed by atoms with van der Waals surface area (Å²) in [5.74, 6) is 1.62. The third kappa shape index (κ3) is 4.71. The van der Waals surface area contributed by atoms with Gasteiger partial charge in [-0.2, -0.15) is 0 Å². The van der Waals surface area contributed by atoms with Crippen LogP contribution in [0.3, 0.4) is 0 Å². The first-order valence-electron chi connectivity index (χ1n) is 8.16. The van der Waals surface area contributed by atoms with Crippen LogP contribution in [0.25, 0.3) is 0 Å². The zero-order valence-electron chi connectivity index (χ0n) is 13.6. The predicted octanol–water partition coefficient (Wildman–Crippen LogP) is 3.08. The fraction of sp³-hybridized carbons (Fsp3) is 0.647. The molecule has 1 aromatic carbocycles. The Morgan fingerprint density at radius 3 is 2.64 bits per heavy atom. The summed E-state index contributed by atoms with van der Waals surface area (Å²) in [6.45, 7) is 3.31. The van der Waals surface area contributed by atoms with Gasteiger partial charge in [0, 0.05) is 13.1 Å². The number of hydrogen-bond acceptors (Lipinski definition) is 3. The number of methoxy groups -OCH3 is 1. The lowest BCUT2D eigenvalue weighted by atomic mass is 9.93. The second-order valence-electron chi connectivity index (χ2n) is 6.07. The normalized spacial score (nSPS) is 20.0. The minimum atomic E-state index is -3.04. The number of benzene rings is 1. The highest BCUT2D eigenvalue weighted by atomic mass is 32.2. The van der Waals surface area contributed by atoms with Gasteiger partial charge in [-0.05, 0) is 55.7 Å². The molecule has 2 rings (SSSR count). The molecule has 1 fully saturated rings. The Bertz CT molecular complexity index is 554. The summed E-state index contributed by atoms with van der Waals surface area (Å²) < 4.78 is 31.2. The number of rotatable bonds is 7. The lowest BCUT2D eigenvalue weighted by molar-refractivity contribution is 0.256. The van der Waals surface area contributed by atoms with Crippen LogP contribution in [-0.4, -0.2) is 38.7 Å². The summed E-state index contributed by atoms with van der Waals surface area (Å²) in [6.07, 6.45) is 4.85. The third-order valence-corrected chi connectivity index (χ3v) is 6.38. The van der Waals surface area contributed by atoms with Gasteiger partial charge in [0.25, 0.3) is 0 Å². The van der Waals surface area contributed by atoms with Crippen LogP contribution in [0.15, 0.2) is 24.3 Å².